The van der Waals surface area contributed by atoms with E-state index in [1.165, 1.54) is 6.08 Å². The molecular formula is C15H14N2O3. The molecule has 0 spiro atoms. The Bertz CT molecular complexity index is 674. The van der Waals surface area contributed by atoms with Crippen molar-refractivity contribution in [1.82, 2.24) is 9.78 Å². The van der Waals surface area contributed by atoms with Crippen molar-refractivity contribution in [2.45, 2.75) is 13.5 Å². The first-order valence-corrected chi connectivity index (χ1v) is 6.41. The third kappa shape index (κ3) is 2.42. The molecule has 0 aliphatic carbocycles. The summed E-state index contributed by atoms with van der Waals surface area (Å²) in [6, 6.07) is 5.18. The predicted molar refractivity (Wildman–Crippen MR) is 73.8 cm³/mol. The maximum Gasteiger partial charge on any atom is 0.231 e. The number of allylic oxidation sites excluding steroid dienone is 1. The minimum Gasteiger partial charge on any atom is -0.454 e. The van der Waals surface area contributed by atoms with Crippen molar-refractivity contribution in [3.05, 3.63) is 47.8 Å². The van der Waals surface area contributed by atoms with E-state index in [1.54, 1.807) is 30.5 Å². The van der Waals surface area contributed by atoms with Gasteiger partial charge in [0.15, 0.2) is 17.3 Å². The van der Waals surface area contributed by atoms with E-state index in [1.807, 2.05) is 17.8 Å². The van der Waals surface area contributed by atoms with E-state index in [0.29, 0.717) is 17.1 Å². The fourth-order valence-electron chi connectivity index (χ4n) is 1.96. The molecule has 1 aliphatic rings. The molecule has 3 rings (SSSR count). The largest absolute Gasteiger partial charge is 0.454 e. The van der Waals surface area contributed by atoms with E-state index in [0.717, 1.165) is 12.1 Å². The van der Waals surface area contributed by atoms with Gasteiger partial charge >= 0.3 is 0 Å². The molecule has 0 atom stereocenters. The van der Waals surface area contributed by atoms with Gasteiger partial charge < -0.3 is 9.47 Å². The van der Waals surface area contributed by atoms with Crippen LogP contribution >= 0.6 is 0 Å². The lowest BCUT2D eigenvalue weighted by Crippen LogP contribution is -1.94. The predicted octanol–water partition coefficient (Wildman–Crippen LogP) is 2.53. The zero-order chi connectivity index (χ0) is 13.9. The number of ketones is 1. The van der Waals surface area contributed by atoms with E-state index in [-0.39, 0.29) is 12.6 Å². The van der Waals surface area contributed by atoms with E-state index >= 15 is 0 Å². The second-order valence-electron chi connectivity index (χ2n) is 4.39. The second kappa shape index (κ2) is 5.21. The number of ether oxygens (including phenoxy) is 2. The van der Waals surface area contributed by atoms with Crippen LogP contribution in [0.2, 0.25) is 0 Å². The van der Waals surface area contributed by atoms with Crippen molar-refractivity contribution >= 4 is 11.9 Å². The third-order valence-electron chi connectivity index (χ3n) is 3.06. The van der Waals surface area contributed by atoms with E-state index in [4.69, 9.17) is 9.47 Å². The first-order chi connectivity index (χ1) is 9.76. The zero-order valence-corrected chi connectivity index (χ0v) is 11.1. The maximum absolute atomic E-state index is 12.1. The highest BCUT2D eigenvalue weighted by atomic mass is 16.7. The van der Waals surface area contributed by atoms with Crippen LogP contribution in [0.15, 0.2) is 36.7 Å². The number of carbonyl (C=O) groups excluding carboxylic acids is 1. The summed E-state index contributed by atoms with van der Waals surface area (Å²) in [5.74, 6) is 1.21. The maximum atomic E-state index is 12.1. The van der Waals surface area contributed by atoms with Gasteiger partial charge in [0.25, 0.3) is 0 Å². The normalized spacial score (nSPS) is 13.1. The lowest BCUT2D eigenvalue weighted by atomic mass is 10.1. The van der Waals surface area contributed by atoms with Crippen LogP contribution in [0.5, 0.6) is 11.5 Å². The molecule has 0 N–H and O–H groups in total. The van der Waals surface area contributed by atoms with Gasteiger partial charge in [0.05, 0.1) is 6.20 Å². The van der Waals surface area contributed by atoms with Gasteiger partial charge in [-0.2, -0.15) is 5.10 Å². The molecule has 1 aliphatic heterocycles. The number of benzene rings is 1. The fourth-order valence-corrected chi connectivity index (χ4v) is 1.96. The molecule has 5 heteroatoms. The summed E-state index contributed by atoms with van der Waals surface area (Å²) in [7, 11) is 0. The zero-order valence-electron chi connectivity index (χ0n) is 11.1. The van der Waals surface area contributed by atoms with Gasteiger partial charge in [0.1, 0.15) is 0 Å². The molecule has 0 saturated heterocycles. The Labute approximate surface area is 116 Å². The minimum atomic E-state index is -0.0763. The van der Waals surface area contributed by atoms with Crippen molar-refractivity contribution in [2.75, 3.05) is 6.79 Å². The molecule has 0 fully saturated rings. The number of nitrogens with zero attached hydrogens (tertiary/aromatic N) is 2. The van der Waals surface area contributed by atoms with Crippen molar-refractivity contribution < 1.29 is 14.3 Å². The average Bonchev–Trinajstić information content (AvgIpc) is 3.12. The van der Waals surface area contributed by atoms with Crippen LogP contribution in [-0.2, 0) is 6.54 Å². The molecular weight excluding hydrogens is 256 g/mol. The summed E-state index contributed by atoms with van der Waals surface area (Å²) in [5, 5.41) is 4.15. The molecule has 2 heterocycles. The van der Waals surface area contributed by atoms with Gasteiger partial charge in [-0.25, -0.2) is 0 Å². The van der Waals surface area contributed by atoms with Crippen LogP contribution in [-0.4, -0.2) is 22.4 Å². The standard InChI is InChI=1S/C15H14N2O3/c1-2-17-9-11(8-16-17)3-5-13(18)12-4-6-14-15(7-12)20-10-19-14/h3-9H,2,10H2,1H3/b5-3-. The number of aryl methyl sites for hydroxylation is 1. The van der Waals surface area contributed by atoms with Crippen LogP contribution in [0.4, 0.5) is 0 Å². The van der Waals surface area contributed by atoms with E-state index < -0.39 is 0 Å². The highest BCUT2D eigenvalue weighted by Crippen LogP contribution is 2.32. The van der Waals surface area contributed by atoms with Crippen molar-refractivity contribution in [1.29, 1.82) is 0 Å². The number of rotatable bonds is 4. The van der Waals surface area contributed by atoms with Crippen LogP contribution in [0.1, 0.15) is 22.8 Å². The summed E-state index contributed by atoms with van der Waals surface area (Å²) in [5.41, 5.74) is 1.48. The van der Waals surface area contributed by atoms with Crippen LogP contribution < -0.4 is 9.47 Å². The van der Waals surface area contributed by atoms with Crippen LogP contribution in [0.25, 0.3) is 6.08 Å². The Balaban J connectivity index is 1.75. The number of fused-ring (bicyclic) bond motifs is 1. The molecule has 0 bridgehead atoms. The Hall–Kier alpha value is -2.56. The minimum absolute atomic E-state index is 0.0763. The summed E-state index contributed by atoms with van der Waals surface area (Å²) < 4.78 is 12.3. The monoisotopic (exact) mass is 270 g/mol. The first-order valence-electron chi connectivity index (χ1n) is 6.41. The number of hydrogen-bond acceptors (Lipinski definition) is 4. The number of carbonyl (C=O) groups is 1. The molecule has 0 unspecified atom stereocenters. The molecule has 20 heavy (non-hydrogen) atoms. The summed E-state index contributed by atoms with van der Waals surface area (Å²) in [4.78, 5) is 12.1. The van der Waals surface area contributed by atoms with Gasteiger partial charge in [-0.1, -0.05) is 0 Å². The molecule has 0 saturated carbocycles. The average molecular weight is 270 g/mol. The SMILES string of the molecule is CCn1cc(/C=C\C(=O)c2ccc3c(c2)OCO3)cn1. The lowest BCUT2D eigenvalue weighted by molar-refractivity contribution is 0.104. The Morgan fingerprint density at radius 3 is 3.05 bits per heavy atom. The number of hydrogen-bond donors (Lipinski definition) is 0. The van der Waals surface area contributed by atoms with Crippen LogP contribution in [0, 0.1) is 0 Å². The molecule has 1 aromatic heterocycles. The number of aromatic nitrogens is 2. The van der Waals surface area contributed by atoms with Gasteiger partial charge in [0.2, 0.25) is 6.79 Å². The molecule has 0 radical (unpaired) electrons. The van der Waals surface area contributed by atoms with E-state index in [2.05, 4.69) is 5.10 Å². The third-order valence-corrected chi connectivity index (χ3v) is 3.06. The van der Waals surface area contributed by atoms with Crippen molar-refractivity contribution in [3.63, 3.8) is 0 Å². The Morgan fingerprint density at radius 1 is 1.40 bits per heavy atom. The first kappa shape index (κ1) is 12.5. The molecule has 5 nitrogen and oxygen atoms in total. The summed E-state index contributed by atoms with van der Waals surface area (Å²) in [6.07, 6.45) is 6.91. The highest BCUT2D eigenvalue weighted by Gasteiger charge is 2.14. The molecule has 1 aromatic carbocycles. The summed E-state index contributed by atoms with van der Waals surface area (Å²) >= 11 is 0. The Kier molecular flexibility index (Phi) is 3.25. The second-order valence-corrected chi connectivity index (χ2v) is 4.39. The van der Waals surface area contributed by atoms with E-state index in [9.17, 15) is 4.79 Å². The smallest absolute Gasteiger partial charge is 0.231 e. The molecule has 102 valence electrons. The van der Waals surface area contributed by atoms with Crippen molar-refractivity contribution in [3.8, 4) is 11.5 Å². The molecule has 2 aromatic rings. The topological polar surface area (TPSA) is 53.4 Å². The fraction of sp³-hybridized carbons (Fsp3) is 0.200. The quantitative estimate of drug-likeness (QED) is 0.633. The lowest BCUT2D eigenvalue weighted by Gasteiger charge is -1.98. The molecule has 0 amide bonds. The summed E-state index contributed by atoms with van der Waals surface area (Å²) in [6.45, 7) is 3.03. The Morgan fingerprint density at radius 2 is 2.25 bits per heavy atom. The van der Waals surface area contributed by atoms with Crippen molar-refractivity contribution in [2.24, 2.45) is 0 Å². The van der Waals surface area contributed by atoms with Gasteiger partial charge in [-0.15, -0.1) is 0 Å². The van der Waals surface area contributed by atoms with Gasteiger partial charge in [0, 0.05) is 23.9 Å². The van der Waals surface area contributed by atoms with Gasteiger partial charge in [-0.3, -0.25) is 9.48 Å². The van der Waals surface area contributed by atoms with Crippen LogP contribution in [0.3, 0.4) is 0 Å². The van der Waals surface area contributed by atoms with Gasteiger partial charge in [-0.05, 0) is 37.3 Å². The highest BCUT2D eigenvalue weighted by molar-refractivity contribution is 6.07.